The van der Waals surface area contributed by atoms with Gasteiger partial charge in [-0.15, -0.1) is 0 Å². The molecule has 0 saturated heterocycles. The fourth-order valence-electron chi connectivity index (χ4n) is 2.11. The van der Waals surface area contributed by atoms with Crippen LogP contribution < -0.4 is 5.73 Å². The van der Waals surface area contributed by atoms with Crippen molar-refractivity contribution in [3.05, 3.63) is 67.6 Å². The largest absolute Gasteiger partial charge is 0.330 e. The van der Waals surface area contributed by atoms with Gasteiger partial charge in [0.2, 0.25) is 0 Å². The van der Waals surface area contributed by atoms with Crippen molar-refractivity contribution >= 4 is 46.4 Å². The van der Waals surface area contributed by atoms with Gasteiger partial charge >= 0.3 is 0 Å². The van der Waals surface area contributed by atoms with Crippen LogP contribution in [0.1, 0.15) is 17.0 Å². The second kappa shape index (κ2) is 7.02. The molecular weight excluding hydrogens is 336 g/mol. The molecule has 0 aromatic heterocycles. The molecule has 0 saturated carbocycles. The van der Waals surface area contributed by atoms with Crippen LogP contribution in [0.15, 0.2) is 36.4 Å². The van der Waals surface area contributed by atoms with E-state index in [4.69, 9.17) is 52.1 Å². The monoisotopic (exact) mass is 347 g/mol. The Labute approximate surface area is 138 Å². The van der Waals surface area contributed by atoms with E-state index in [2.05, 4.69) is 0 Å². The summed E-state index contributed by atoms with van der Waals surface area (Å²) in [4.78, 5) is 0. The molecule has 0 fully saturated rings. The highest BCUT2D eigenvalue weighted by Gasteiger charge is 2.16. The van der Waals surface area contributed by atoms with Crippen LogP contribution >= 0.6 is 46.4 Å². The van der Waals surface area contributed by atoms with E-state index < -0.39 is 0 Å². The standard InChI is InChI=1S/C15H13Cl4N/c16-12-5-4-9(7-14(12)18)6-10(8-20)11-2-1-3-13(17)15(11)19/h1-5,7,10H,6,8,20H2. The quantitative estimate of drug-likeness (QED) is 0.766. The van der Waals surface area contributed by atoms with Crippen LogP contribution in [0, 0.1) is 0 Å². The highest BCUT2D eigenvalue weighted by atomic mass is 35.5. The summed E-state index contributed by atoms with van der Waals surface area (Å²) in [7, 11) is 0. The maximum absolute atomic E-state index is 6.25. The first-order valence-electron chi connectivity index (χ1n) is 6.10. The van der Waals surface area contributed by atoms with Gasteiger partial charge in [0.05, 0.1) is 20.1 Å². The second-order valence-corrected chi connectivity index (χ2v) is 6.13. The third-order valence-electron chi connectivity index (χ3n) is 3.17. The van der Waals surface area contributed by atoms with Crippen molar-refractivity contribution in [2.45, 2.75) is 12.3 Å². The second-order valence-electron chi connectivity index (χ2n) is 4.53. The Bertz CT molecular complexity index is 613. The summed E-state index contributed by atoms with van der Waals surface area (Å²) < 4.78 is 0. The average molecular weight is 349 g/mol. The summed E-state index contributed by atoms with van der Waals surface area (Å²) in [5, 5.41) is 2.18. The topological polar surface area (TPSA) is 26.0 Å². The van der Waals surface area contributed by atoms with E-state index >= 15 is 0 Å². The third kappa shape index (κ3) is 3.60. The van der Waals surface area contributed by atoms with Crippen LogP contribution in [0.4, 0.5) is 0 Å². The molecule has 2 rings (SSSR count). The highest BCUT2D eigenvalue weighted by Crippen LogP contribution is 2.33. The first kappa shape index (κ1) is 15.9. The van der Waals surface area contributed by atoms with E-state index in [0.717, 1.165) is 17.5 Å². The minimum atomic E-state index is 0.0819. The smallest absolute Gasteiger partial charge is 0.0627 e. The van der Waals surface area contributed by atoms with Crippen LogP contribution in [-0.4, -0.2) is 6.54 Å². The van der Waals surface area contributed by atoms with Crippen LogP contribution in [0.2, 0.25) is 20.1 Å². The molecule has 0 spiro atoms. The van der Waals surface area contributed by atoms with Crippen molar-refractivity contribution in [3.8, 4) is 0 Å². The molecule has 106 valence electrons. The molecule has 2 aromatic carbocycles. The van der Waals surface area contributed by atoms with Gasteiger partial charge in [-0.05, 0) is 42.3 Å². The number of hydrogen-bond acceptors (Lipinski definition) is 1. The summed E-state index contributed by atoms with van der Waals surface area (Å²) in [6, 6.07) is 11.2. The zero-order valence-corrected chi connectivity index (χ0v) is 13.6. The molecule has 1 nitrogen and oxygen atoms in total. The van der Waals surface area contributed by atoms with Gasteiger partial charge in [0.25, 0.3) is 0 Å². The lowest BCUT2D eigenvalue weighted by Gasteiger charge is -2.17. The number of hydrogen-bond donors (Lipinski definition) is 1. The van der Waals surface area contributed by atoms with Crippen LogP contribution in [-0.2, 0) is 6.42 Å². The fourth-order valence-corrected chi connectivity index (χ4v) is 2.89. The summed E-state index contributed by atoms with van der Waals surface area (Å²) in [6.45, 7) is 0.473. The molecule has 1 unspecified atom stereocenters. The molecule has 0 aliphatic heterocycles. The molecule has 2 aromatic rings. The first-order valence-corrected chi connectivity index (χ1v) is 7.62. The van der Waals surface area contributed by atoms with Crippen molar-refractivity contribution in [3.63, 3.8) is 0 Å². The van der Waals surface area contributed by atoms with Gasteiger partial charge in [0.15, 0.2) is 0 Å². The Kier molecular flexibility index (Phi) is 5.59. The minimum absolute atomic E-state index is 0.0819. The molecule has 0 aliphatic rings. The minimum Gasteiger partial charge on any atom is -0.330 e. The van der Waals surface area contributed by atoms with Crippen LogP contribution in [0.25, 0.3) is 0 Å². The molecule has 0 radical (unpaired) electrons. The van der Waals surface area contributed by atoms with E-state index in [1.54, 1.807) is 12.1 Å². The Hall–Kier alpha value is -0.440. The number of halogens is 4. The van der Waals surface area contributed by atoms with Crippen molar-refractivity contribution in [1.29, 1.82) is 0 Å². The summed E-state index contributed by atoms with van der Waals surface area (Å²) >= 11 is 24.3. The Balaban J connectivity index is 2.28. The van der Waals surface area contributed by atoms with Gasteiger partial charge in [0, 0.05) is 5.92 Å². The van der Waals surface area contributed by atoms with E-state index in [0.29, 0.717) is 26.6 Å². The van der Waals surface area contributed by atoms with E-state index in [9.17, 15) is 0 Å². The zero-order chi connectivity index (χ0) is 14.7. The third-order valence-corrected chi connectivity index (χ3v) is 4.74. The molecule has 1 atom stereocenters. The van der Waals surface area contributed by atoms with Gasteiger partial charge in [-0.25, -0.2) is 0 Å². The predicted octanol–water partition coefficient (Wildman–Crippen LogP) is 5.59. The molecular formula is C15H13Cl4N. The van der Waals surface area contributed by atoms with E-state index in [1.165, 1.54) is 0 Å². The lowest BCUT2D eigenvalue weighted by molar-refractivity contribution is 0.695. The molecule has 5 heteroatoms. The highest BCUT2D eigenvalue weighted by molar-refractivity contribution is 6.42. The maximum Gasteiger partial charge on any atom is 0.0627 e. The lowest BCUT2D eigenvalue weighted by Crippen LogP contribution is -2.15. The fraction of sp³-hybridized carbons (Fsp3) is 0.200. The van der Waals surface area contributed by atoms with Gasteiger partial charge in [0.1, 0.15) is 0 Å². The molecule has 20 heavy (non-hydrogen) atoms. The van der Waals surface area contributed by atoms with Gasteiger partial charge in [-0.2, -0.15) is 0 Å². The summed E-state index contributed by atoms with van der Waals surface area (Å²) in [6.07, 6.45) is 0.730. The predicted molar refractivity (Wildman–Crippen MR) is 88.4 cm³/mol. The number of rotatable bonds is 4. The molecule has 0 bridgehead atoms. The normalized spacial score (nSPS) is 12.4. The van der Waals surface area contributed by atoms with Crippen LogP contribution in [0.5, 0.6) is 0 Å². The molecule has 2 N–H and O–H groups in total. The number of benzene rings is 2. The van der Waals surface area contributed by atoms with Gasteiger partial charge in [-0.1, -0.05) is 64.6 Å². The van der Waals surface area contributed by atoms with Gasteiger partial charge < -0.3 is 5.73 Å². The number of nitrogens with two attached hydrogens (primary N) is 1. The van der Waals surface area contributed by atoms with Crippen LogP contribution in [0.3, 0.4) is 0 Å². The van der Waals surface area contributed by atoms with Crippen molar-refractivity contribution < 1.29 is 0 Å². The Morgan fingerprint density at radius 3 is 2.30 bits per heavy atom. The van der Waals surface area contributed by atoms with E-state index in [1.807, 2.05) is 24.3 Å². The summed E-state index contributed by atoms with van der Waals surface area (Å²) in [5.41, 5.74) is 7.89. The first-order chi connectivity index (χ1) is 9.52. The Morgan fingerprint density at radius 2 is 1.65 bits per heavy atom. The SMILES string of the molecule is NCC(Cc1ccc(Cl)c(Cl)c1)c1cccc(Cl)c1Cl. The molecule has 0 amide bonds. The zero-order valence-electron chi connectivity index (χ0n) is 10.5. The molecule has 0 heterocycles. The van der Waals surface area contributed by atoms with Crippen molar-refractivity contribution in [2.75, 3.05) is 6.54 Å². The van der Waals surface area contributed by atoms with Crippen molar-refractivity contribution in [2.24, 2.45) is 5.73 Å². The maximum atomic E-state index is 6.25. The average Bonchev–Trinajstić information content (AvgIpc) is 2.43. The van der Waals surface area contributed by atoms with E-state index in [-0.39, 0.29) is 5.92 Å². The molecule has 0 aliphatic carbocycles. The Morgan fingerprint density at radius 1 is 0.900 bits per heavy atom. The van der Waals surface area contributed by atoms with Crippen molar-refractivity contribution in [1.82, 2.24) is 0 Å². The lowest BCUT2D eigenvalue weighted by atomic mass is 9.92. The van der Waals surface area contributed by atoms with Gasteiger partial charge in [-0.3, -0.25) is 0 Å². The summed E-state index contributed by atoms with van der Waals surface area (Å²) in [5.74, 6) is 0.0819.